The van der Waals surface area contributed by atoms with Crippen molar-refractivity contribution in [1.29, 1.82) is 0 Å². The topological polar surface area (TPSA) is 76.4 Å². The van der Waals surface area contributed by atoms with Crippen LogP contribution in [-0.4, -0.2) is 47.0 Å². The molecular weight excluding hydrogens is 328 g/mol. The van der Waals surface area contributed by atoms with Crippen LogP contribution in [0.5, 0.6) is 0 Å². The molecule has 0 bridgehead atoms. The second-order valence-electron chi connectivity index (χ2n) is 7.49. The van der Waals surface area contributed by atoms with E-state index < -0.39 is 0 Å². The minimum Gasteiger partial charge on any atom is -0.382 e. The van der Waals surface area contributed by atoms with Gasteiger partial charge in [-0.15, -0.1) is 10.2 Å². The molecule has 2 N–H and O–H groups in total. The maximum atomic E-state index is 5.62. The first-order chi connectivity index (χ1) is 12.8. The fourth-order valence-electron chi connectivity index (χ4n) is 4.16. The zero-order valence-electron chi connectivity index (χ0n) is 16.4. The van der Waals surface area contributed by atoms with Crippen molar-refractivity contribution < 1.29 is 4.74 Å². The van der Waals surface area contributed by atoms with Gasteiger partial charge in [-0.3, -0.25) is 0 Å². The summed E-state index contributed by atoms with van der Waals surface area (Å²) in [5.41, 5.74) is 0.349. The van der Waals surface area contributed by atoms with Crippen molar-refractivity contribution in [3.63, 3.8) is 0 Å². The zero-order valence-corrected chi connectivity index (χ0v) is 16.4. The summed E-state index contributed by atoms with van der Waals surface area (Å²) in [5.74, 6) is 2.96. The first-order valence-corrected chi connectivity index (χ1v) is 10.3. The highest BCUT2D eigenvalue weighted by Gasteiger charge is 2.33. The van der Waals surface area contributed by atoms with Gasteiger partial charge in [0.05, 0.1) is 0 Å². The summed E-state index contributed by atoms with van der Waals surface area (Å²) in [6.45, 7) is 9.25. The van der Waals surface area contributed by atoms with Crippen LogP contribution < -0.4 is 10.6 Å². The van der Waals surface area contributed by atoms with E-state index >= 15 is 0 Å². The highest BCUT2D eigenvalue weighted by Crippen LogP contribution is 2.40. The first-order valence-electron chi connectivity index (χ1n) is 10.3. The SMILES string of the molecule is CCNC(=NCc1nnc2n1CCC2)NCC1(CCOCC)CCCC1. The molecule has 0 atom stereocenters. The van der Waals surface area contributed by atoms with Gasteiger partial charge < -0.3 is 19.9 Å². The summed E-state index contributed by atoms with van der Waals surface area (Å²) in [6, 6.07) is 0. The van der Waals surface area contributed by atoms with E-state index in [1.54, 1.807) is 0 Å². The Labute approximate surface area is 157 Å². The molecule has 3 rings (SSSR count). The van der Waals surface area contributed by atoms with E-state index in [-0.39, 0.29) is 0 Å². The molecule has 2 aliphatic rings. The number of aliphatic imine (C=N–C) groups is 1. The van der Waals surface area contributed by atoms with Crippen LogP contribution in [0.2, 0.25) is 0 Å². The van der Waals surface area contributed by atoms with Crippen LogP contribution in [0.3, 0.4) is 0 Å². The number of aromatic nitrogens is 3. The second-order valence-corrected chi connectivity index (χ2v) is 7.49. The van der Waals surface area contributed by atoms with Crippen molar-refractivity contribution in [2.24, 2.45) is 10.4 Å². The smallest absolute Gasteiger partial charge is 0.191 e. The maximum absolute atomic E-state index is 5.62. The van der Waals surface area contributed by atoms with Gasteiger partial charge in [-0.05, 0) is 44.9 Å². The number of hydrogen-bond acceptors (Lipinski definition) is 4. The Morgan fingerprint density at radius 1 is 1.19 bits per heavy atom. The lowest BCUT2D eigenvalue weighted by atomic mass is 9.83. The highest BCUT2D eigenvalue weighted by atomic mass is 16.5. The van der Waals surface area contributed by atoms with Crippen molar-refractivity contribution in [3.05, 3.63) is 11.6 Å². The number of ether oxygens (including phenoxy) is 1. The van der Waals surface area contributed by atoms with Crippen molar-refractivity contribution in [1.82, 2.24) is 25.4 Å². The van der Waals surface area contributed by atoms with Crippen molar-refractivity contribution in [2.45, 2.75) is 71.9 Å². The Kier molecular flexibility index (Phi) is 6.88. The van der Waals surface area contributed by atoms with E-state index in [2.05, 4.69) is 39.2 Å². The molecule has 0 aromatic carbocycles. The number of hydrogen-bond donors (Lipinski definition) is 2. The van der Waals surface area contributed by atoms with Gasteiger partial charge in [0.2, 0.25) is 0 Å². The molecule has 1 saturated carbocycles. The fraction of sp³-hybridized carbons (Fsp3) is 0.842. The maximum Gasteiger partial charge on any atom is 0.191 e. The molecule has 146 valence electrons. The molecule has 26 heavy (non-hydrogen) atoms. The fourth-order valence-corrected chi connectivity index (χ4v) is 4.16. The molecule has 1 aromatic rings. The van der Waals surface area contributed by atoms with Crippen molar-refractivity contribution in [2.75, 3.05) is 26.3 Å². The van der Waals surface area contributed by atoms with Crippen LogP contribution >= 0.6 is 0 Å². The van der Waals surface area contributed by atoms with Crippen LogP contribution in [0.15, 0.2) is 4.99 Å². The summed E-state index contributed by atoms with van der Waals surface area (Å²) < 4.78 is 7.84. The van der Waals surface area contributed by atoms with E-state index in [9.17, 15) is 0 Å². The molecule has 0 saturated heterocycles. The number of aryl methyl sites for hydroxylation is 1. The number of guanidine groups is 1. The molecule has 0 radical (unpaired) electrons. The highest BCUT2D eigenvalue weighted by molar-refractivity contribution is 5.79. The third-order valence-electron chi connectivity index (χ3n) is 5.68. The van der Waals surface area contributed by atoms with Crippen LogP contribution in [-0.2, 0) is 24.2 Å². The summed E-state index contributed by atoms with van der Waals surface area (Å²) >= 11 is 0. The molecule has 7 heteroatoms. The molecule has 0 amide bonds. The van der Waals surface area contributed by atoms with E-state index in [0.717, 1.165) is 63.3 Å². The molecule has 0 spiro atoms. The van der Waals surface area contributed by atoms with Gasteiger partial charge in [0.15, 0.2) is 11.8 Å². The second kappa shape index (κ2) is 9.35. The van der Waals surface area contributed by atoms with Gasteiger partial charge >= 0.3 is 0 Å². The van der Waals surface area contributed by atoms with E-state index in [1.165, 1.54) is 32.1 Å². The standard InChI is InChI=1S/C19H34N6O/c1-3-20-18(21-14-17-24-23-16-8-7-12-25(16)17)22-15-19(9-5-6-10-19)11-13-26-4-2/h3-15H2,1-2H3,(H2,20,21,22). The monoisotopic (exact) mass is 362 g/mol. The summed E-state index contributed by atoms with van der Waals surface area (Å²) in [6.07, 6.45) is 8.56. The lowest BCUT2D eigenvalue weighted by Crippen LogP contribution is -2.43. The predicted molar refractivity (Wildman–Crippen MR) is 103 cm³/mol. The first kappa shape index (κ1) is 19.1. The minimum absolute atomic E-state index is 0.349. The van der Waals surface area contributed by atoms with Crippen molar-refractivity contribution in [3.8, 4) is 0 Å². The third kappa shape index (κ3) is 4.75. The van der Waals surface area contributed by atoms with E-state index in [0.29, 0.717) is 12.0 Å². The summed E-state index contributed by atoms with van der Waals surface area (Å²) in [4.78, 5) is 4.76. The predicted octanol–water partition coefficient (Wildman–Crippen LogP) is 2.27. The molecule has 1 aliphatic heterocycles. The van der Waals surface area contributed by atoms with Gasteiger partial charge in [0, 0.05) is 39.3 Å². The van der Waals surface area contributed by atoms with Crippen LogP contribution in [0.1, 0.15) is 64.0 Å². The van der Waals surface area contributed by atoms with Gasteiger partial charge in [0.1, 0.15) is 12.4 Å². The molecule has 7 nitrogen and oxygen atoms in total. The third-order valence-corrected chi connectivity index (χ3v) is 5.68. The lowest BCUT2D eigenvalue weighted by Gasteiger charge is -2.30. The normalized spacial score (nSPS) is 18.9. The van der Waals surface area contributed by atoms with Gasteiger partial charge in [-0.25, -0.2) is 4.99 Å². The number of nitrogens with zero attached hydrogens (tertiary/aromatic N) is 4. The Morgan fingerprint density at radius 2 is 2.04 bits per heavy atom. The van der Waals surface area contributed by atoms with Gasteiger partial charge in [0.25, 0.3) is 0 Å². The quantitative estimate of drug-likeness (QED) is 0.400. The lowest BCUT2D eigenvalue weighted by molar-refractivity contribution is 0.105. The number of rotatable bonds is 9. The van der Waals surface area contributed by atoms with E-state index in [1.807, 2.05) is 0 Å². The average Bonchev–Trinajstić information content (AvgIpc) is 3.36. The molecule has 1 aromatic heterocycles. The largest absolute Gasteiger partial charge is 0.382 e. The van der Waals surface area contributed by atoms with Gasteiger partial charge in [-0.2, -0.15) is 0 Å². The Balaban J connectivity index is 1.58. The molecule has 2 heterocycles. The van der Waals surface area contributed by atoms with E-state index in [4.69, 9.17) is 9.73 Å². The van der Waals surface area contributed by atoms with Crippen LogP contribution in [0.25, 0.3) is 0 Å². The molecule has 1 aliphatic carbocycles. The summed E-state index contributed by atoms with van der Waals surface area (Å²) in [5, 5.41) is 15.5. The van der Waals surface area contributed by atoms with Crippen molar-refractivity contribution >= 4 is 5.96 Å². The Bertz CT molecular complexity index is 591. The molecule has 1 fully saturated rings. The molecular formula is C19H34N6O. The Hall–Kier alpha value is -1.63. The van der Waals surface area contributed by atoms with Crippen LogP contribution in [0, 0.1) is 5.41 Å². The zero-order chi connectivity index (χ0) is 18.2. The molecule has 0 unspecified atom stereocenters. The average molecular weight is 363 g/mol. The van der Waals surface area contributed by atoms with Gasteiger partial charge in [-0.1, -0.05) is 12.8 Å². The van der Waals surface area contributed by atoms with Crippen LogP contribution in [0.4, 0.5) is 0 Å². The minimum atomic E-state index is 0.349. The number of fused-ring (bicyclic) bond motifs is 1. The number of nitrogens with one attached hydrogen (secondary N) is 2. The Morgan fingerprint density at radius 3 is 2.81 bits per heavy atom. The summed E-state index contributed by atoms with van der Waals surface area (Å²) in [7, 11) is 0.